The molecule has 3 rings (SSSR count). The summed E-state index contributed by atoms with van der Waals surface area (Å²) in [4.78, 5) is 15.7. The molecule has 0 saturated carbocycles. The number of anilines is 1. The molecule has 0 radical (unpaired) electrons. The molecule has 2 saturated heterocycles. The van der Waals surface area contributed by atoms with Crippen molar-refractivity contribution in [3.05, 3.63) is 28.3 Å². The molecule has 0 unspecified atom stereocenters. The minimum Gasteiger partial charge on any atom is -0.490 e. The molecular weight excluding hydrogens is 356 g/mol. The largest absolute Gasteiger partial charge is 0.490 e. The van der Waals surface area contributed by atoms with E-state index in [1.54, 1.807) is 18.2 Å². The maximum Gasteiger partial charge on any atom is 0.273 e. The number of hydrogen-bond donors (Lipinski definition) is 1. The van der Waals surface area contributed by atoms with Crippen LogP contribution in [0.1, 0.15) is 44.9 Å². The minimum atomic E-state index is -0.363. The number of non-ortho nitro benzene ring substituents is 1. The fourth-order valence-corrected chi connectivity index (χ4v) is 4.07. The van der Waals surface area contributed by atoms with Gasteiger partial charge in [-0.05, 0) is 70.9 Å². The Hall–Kier alpha value is -1.86. The van der Waals surface area contributed by atoms with Crippen LogP contribution in [-0.2, 0) is 0 Å². The normalized spacial score (nSPS) is 18.7. The molecule has 0 bridgehead atoms. The Bertz CT molecular complexity index is 614. The third-order valence-electron chi connectivity index (χ3n) is 5.71. The zero-order chi connectivity index (χ0) is 19.6. The number of rotatable bonds is 10. The first-order chi connectivity index (χ1) is 13.7. The van der Waals surface area contributed by atoms with Gasteiger partial charge in [0.2, 0.25) is 0 Å². The molecule has 156 valence electrons. The SMILES string of the molecule is O=[N+]([O-])c1ccc(NCCCN2CCCCC2)c(OCCN2CCCCC2)c1. The molecule has 0 spiro atoms. The molecule has 0 amide bonds. The lowest BCUT2D eigenvalue weighted by Gasteiger charge is -2.26. The van der Waals surface area contributed by atoms with Gasteiger partial charge in [0.1, 0.15) is 12.4 Å². The van der Waals surface area contributed by atoms with Crippen molar-refractivity contribution in [1.29, 1.82) is 0 Å². The summed E-state index contributed by atoms with van der Waals surface area (Å²) in [7, 11) is 0. The second kappa shape index (κ2) is 11.2. The van der Waals surface area contributed by atoms with E-state index in [1.165, 1.54) is 51.6 Å². The van der Waals surface area contributed by atoms with Crippen LogP contribution in [0.3, 0.4) is 0 Å². The lowest BCUT2D eigenvalue weighted by molar-refractivity contribution is -0.384. The molecule has 2 aliphatic heterocycles. The van der Waals surface area contributed by atoms with Crippen molar-refractivity contribution >= 4 is 11.4 Å². The van der Waals surface area contributed by atoms with Crippen LogP contribution >= 0.6 is 0 Å². The number of piperidine rings is 2. The summed E-state index contributed by atoms with van der Waals surface area (Å²) in [5, 5.41) is 14.6. The highest BCUT2D eigenvalue weighted by Crippen LogP contribution is 2.29. The molecule has 2 fully saturated rings. The van der Waals surface area contributed by atoms with Crippen LogP contribution < -0.4 is 10.1 Å². The van der Waals surface area contributed by atoms with E-state index in [0.29, 0.717) is 12.4 Å². The van der Waals surface area contributed by atoms with Crippen LogP contribution in [0.5, 0.6) is 5.75 Å². The number of nitro benzene ring substituents is 1. The van der Waals surface area contributed by atoms with Crippen LogP contribution in [-0.4, -0.2) is 67.1 Å². The first-order valence-corrected chi connectivity index (χ1v) is 10.8. The molecule has 2 aliphatic rings. The summed E-state index contributed by atoms with van der Waals surface area (Å²) in [6.07, 6.45) is 8.85. The van der Waals surface area contributed by atoms with Gasteiger partial charge in [-0.1, -0.05) is 12.8 Å². The highest BCUT2D eigenvalue weighted by atomic mass is 16.6. The number of hydrogen-bond acceptors (Lipinski definition) is 6. The van der Waals surface area contributed by atoms with Gasteiger partial charge in [0.15, 0.2) is 0 Å². The maximum absolute atomic E-state index is 11.1. The van der Waals surface area contributed by atoms with Gasteiger partial charge in [-0.3, -0.25) is 15.0 Å². The number of nitro groups is 1. The highest BCUT2D eigenvalue weighted by Gasteiger charge is 2.14. The summed E-state index contributed by atoms with van der Waals surface area (Å²) in [6, 6.07) is 4.86. The van der Waals surface area contributed by atoms with Crippen molar-refractivity contribution in [2.75, 3.05) is 57.7 Å². The summed E-state index contributed by atoms with van der Waals surface area (Å²) in [6.45, 7) is 8.05. The third-order valence-corrected chi connectivity index (χ3v) is 5.71. The average Bonchev–Trinajstić information content (AvgIpc) is 2.73. The van der Waals surface area contributed by atoms with E-state index in [4.69, 9.17) is 4.74 Å². The van der Waals surface area contributed by atoms with Crippen molar-refractivity contribution in [3.8, 4) is 5.75 Å². The zero-order valence-electron chi connectivity index (χ0n) is 16.9. The van der Waals surface area contributed by atoms with Gasteiger partial charge >= 0.3 is 0 Å². The van der Waals surface area contributed by atoms with Crippen LogP contribution in [0.2, 0.25) is 0 Å². The van der Waals surface area contributed by atoms with Crippen molar-refractivity contribution in [2.24, 2.45) is 0 Å². The fraction of sp³-hybridized carbons (Fsp3) is 0.714. The topological polar surface area (TPSA) is 70.9 Å². The standard InChI is InChI=1S/C21H34N4O3/c26-25(27)19-8-9-20(22-10-7-15-23-11-3-1-4-12-23)21(18-19)28-17-16-24-13-5-2-6-14-24/h8-9,18,22H,1-7,10-17H2. The van der Waals surface area contributed by atoms with E-state index < -0.39 is 0 Å². The summed E-state index contributed by atoms with van der Waals surface area (Å²) in [5.74, 6) is 0.587. The van der Waals surface area contributed by atoms with Crippen molar-refractivity contribution < 1.29 is 9.66 Å². The molecular formula is C21H34N4O3. The lowest BCUT2D eigenvalue weighted by atomic mass is 10.1. The second-order valence-electron chi connectivity index (χ2n) is 7.87. The van der Waals surface area contributed by atoms with E-state index in [1.807, 2.05) is 0 Å². The Morgan fingerprint density at radius 3 is 2.25 bits per heavy atom. The first-order valence-electron chi connectivity index (χ1n) is 10.8. The van der Waals surface area contributed by atoms with Crippen molar-refractivity contribution in [1.82, 2.24) is 9.80 Å². The Morgan fingerprint density at radius 1 is 0.964 bits per heavy atom. The zero-order valence-corrected chi connectivity index (χ0v) is 16.9. The van der Waals surface area contributed by atoms with Gasteiger partial charge in [-0.15, -0.1) is 0 Å². The van der Waals surface area contributed by atoms with Crippen LogP contribution in [0.15, 0.2) is 18.2 Å². The number of nitrogens with one attached hydrogen (secondary N) is 1. The van der Waals surface area contributed by atoms with E-state index in [9.17, 15) is 10.1 Å². The van der Waals surface area contributed by atoms with Gasteiger partial charge in [-0.25, -0.2) is 0 Å². The van der Waals surface area contributed by atoms with Crippen molar-refractivity contribution in [2.45, 2.75) is 44.9 Å². The molecule has 1 aromatic rings. The van der Waals surface area contributed by atoms with Gasteiger partial charge in [0.25, 0.3) is 5.69 Å². The van der Waals surface area contributed by atoms with Gasteiger partial charge < -0.3 is 15.0 Å². The summed E-state index contributed by atoms with van der Waals surface area (Å²) in [5.41, 5.74) is 0.926. The molecule has 28 heavy (non-hydrogen) atoms. The fourth-order valence-electron chi connectivity index (χ4n) is 4.07. The second-order valence-corrected chi connectivity index (χ2v) is 7.87. The molecule has 1 aromatic carbocycles. The first kappa shape index (κ1) is 20.9. The molecule has 0 aromatic heterocycles. The molecule has 7 heteroatoms. The Kier molecular flexibility index (Phi) is 8.36. The Labute approximate surface area is 168 Å². The van der Waals surface area contributed by atoms with E-state index in [-0.39, 0.29) is 10.6 Å². The summed E-state index contributed by atoms with van der Waals surface area (Å²) >= 11 is 0. The monoisotopic (exact) mass is 390 g/mol. The molecule has 2 heterocycles. The molecule has 7 nitrogen and oxygen atoms in total. The number of benzene rings is 1. The summed E-state index contributed by atoms with van der Waals surface area (Å²) < 4.78 is 5.96. The highest BCUT2D eigenvalue weighted by molar-refractivity contribution is 5.60. The van der Waals surface area contributed by atoms with Gasteiger partial charge in [0, 0.05) is 19.2 Å². The van der Waals surface area contributed by atoms with Crippen LogP contribution in [0.25, 0.3) is 0 Å². The minimum absolute atomic E-state index is 0.0758. The number of likely N-dealkylation sites (tertiary alicyclic amines) is 2. The molecule has 0 atom stereocenters. The van der Waals surface area contributed by atoms with E-state index in [0.717, 1.165) is 44.8 Å². The lowest BCUT2D eigenvalue weighted by Crippen LogP contribution is -2.33. The third kappa shape index (κ3) is 6.63. The molecule has 0 aliphatic carbocycles. The van der Waals surface area contributed by atoms with E-state index >= 15 is 0 Å². The number of ether oxygens (including phenoxy) is 1. The van der Waals surface area contributed by atoms with Gasteiger partial charge in [-0.2, -0.15) is 0 Å². The van der Waals surface area contributed by atoms with Crippen LogP contribution in [0, 0.1) is 10.1 Å². The Morgan fingerprint density at radius 2 is 1.61 bits per heavy atom. The predicted molar refractivity (Wildman–Crippen MR) is 112 cm³/mol. The Balaban J connectivity index is 1.49. The van der Waals surface area contributed by atoms with Crippen molar-refractivity contribution in [3.63, 3.8) is 0 Å². The number of nitrogens with zero attached hydrogens (tertiary/aromatic N) is 3. The van der Waals surface area contributed by atoms with Gasteiger partial charge in [0.05, 0.1) is 16.7 Å². The van der Waals surface area contributed by atoms with Crippen LogP contribution in [0.4, 0.5) is 11.4 Å². The predicted octanol–water partition coefficient (Wildman–Crippen LogP) is 3.75. The molecule has 1 N–H and O–H groups in total. The average molecular weight is 391 g/mol. The quantitative estimate of drug-likeness (QED) is 0.373. The maximum atomic E-state index is 11.1. The van der Waals surface area contributed by atoms with E-state index in [2.05, 4.69) is 15.1 Å². The smallest absolute Gasteiger partial charge is 0.273 e.